The molecule has 142 valence electrons. The maximum Gasteiger partial charge on any atom is 0.333 e. The van der Waals surface area contributed by atoms with Gasteiger partial charge in [0.2, 0.25) is 0 Å². The Kier molecular flexibility index (Phi) is 17.9. The zero-order valence-corrected chi connectivity index (χ0v) is 16.5. The standard InChI is InChI=1S/C22H42O2/c1-4-5-6-7-8-9-10-11-12-13-14-15-16-17-18-19-20-21(2)22(23)24-3/h2,4-20H2,1,3H3. The van der Waals surface area contributed by atoms with Crippen molar-refractivity contribution in [3.8, 4) is 0 Å². The summed E-state index contributed by atoms with van der Waals surface area (Å²) in [7, 11) is 1.42. The molecule has 0 aliphatic rings. The molecule has 0 aromatic carbocycles. The van der Waals surface area contributed by atoms with Crippen LogP contribution in [0.25, 0.3) is 0 Å². The minimum Gasteiger partial charge on any atom is -0.466 e. The van der Waals surface area contributed by atoms with Crippen molar-refractivity contribution in [3.63, 3.8) is 0 Å². The molecule has 0 heterocycles. The van der Waals surface area contributed by atoms with E-state index in [9.17, 15) is 4.79 Å². The van der Waals surface area contributed by atoms with E-state index in [1.807, 2.05) is 0 Å². The highest BCUT2D eigenvalue weighted by Gasteiger charge is 2.05. The van der Waals surface area contributed by atoms with Gasteiger partial charge in [-0.25, -0.2) is 4.79 Å². The zero-order chi connectivity index (χ0) is 17.9. The molecule has 0 spiro atoms. The number of rotatable bonds is 18. The van der Waals surface area contributed by atoms with Crippen molar-refractivity contribution in [2.24, 2.45) is 0 Å². The van der Waals surface area contributed by atoms with E-state index in [2.05, 4.69) is 18.2 Å². The van der Waals surface area contributed by atoms with Gasteiger partial charge in [-0.2, -0.15) is 0 Å². The summed E-state index contributed by atoms with van der Waals surface area (Å²) in [6, 6.07) is 0. The summed E-state index contributed by atoms with van der Waals surface area (Å²) in [4.78, 5) is 11.2. The summed E-state index contributed by atoms with van der Waals surface area (Å²) in [5.74, 6) is -0.254. The van der Waals surface area contributed by atoms with Gasteiger partial charge in [0.25, 0.3) is 0 Å². The van der Waals surface area contributed by atoms with Crippen LogP contribution < -0.4 is 0 Å². The van der Waals surface area contributed by atoms with Gasteiger partial charge in [-0.15, -0.1) is 0 Å². The molecule has 0 aromatic rings. The third kappa shape index (κ3) is 16.1. The average Bonchev–Trinajstić information content (AvgIpc) is 2.60. The van der Waals surface area contributed by atoms with Gasteiger partial charge in [0.15, 0.2) is 0 Å². The molecule has 0 saturated carbocycles. The normalized spacial score (nSPS) is 10.8. The van der Waals surface area contributed by atoms with E-state index in [-0.39, 0.29) is 5.97 Å². The highest BCUT2D eigenvalue weighted by molar-refractivity contribution is 5.87. The Morgan fingerprint density at radius 1 is 0.667 bits per heavy atom. The van der Waals surface area contributed by atoms with Crippen LogP contribution in [0.2, 0.25) is 0 Å². The maximum atomic E-state index is 11.2. The third-order valence-electron chi connectivity index (χ3n) is 4.81. The van der Waals surface area contributed by atoms with Gasteiger partial charge in [-0.05, 0) is 12.8 Å². The molecule has 0 rings (SSSR count). The van der Waals surface area contributed by atoms with Gasteiger partial charge in [0.1, 0.15) is 0 Å². The Bertz CT molecular complexity index is 296. The van der Waals surface area contributed by atoms with Crippen molar-refractivity contribution >= 4 is 5.97 Å². The number of esters is 1. The summed E-state index contributed by atoms with van der Waals surface area (Å²) >= 11 is 0. The van der Waals surface area contributed by atoms with E-state index in [1.165, 1.54) is 103 Å². The van der Waals surface area contributed by atoms with Crippen molar-refractivity contribution in [1.29, 1.82) is 0 Å². The topological polar surface area (TPSA) is 26.3 Å². The van der Waals surface area contributed by atoms with Crippen molar-refractivity contribution in [1.82, 2.24) is 0 Å². The molecular formula is C22H42O2. The summed E-state index contributed by atoms with van der Waals surface area (Å²) in [6.07, 6.45) is 22.7. The zero-order valence-electron chi connectivity index (χ0n) is 16.5. The van der Waals surface area contributed by atoms with Crippen LogP contribution in [0.1, 0.15) is 116 Å². The first-order valence-electron chi connectivity index (χ1n) is 10.5. The third-order valence-corrected chi connectivity index (χ3v) is 4.81. The number of carbonyl (C=O) groups is 1. The summed E-state index contributed by atoms with van der Waals surface area (Å²) in [5, 5.41) is 0. The summed E-state index contributed by atoms with van der Waals surface area (Å²) in [6.45, 7) is 6.04. The molecule has 0 fully saturated rings. The molecule has 2 heteroatoms. The Morgan fingerprint density at radius 2 is 1.00 bits per heavy atom. The fourth-order valence-corrected chi connectivity index (χ4v) is 3.13. The van der Waals surface area contributed by atoms with Crippen LogP contribution in [0.5, 0.6) is 0 Å². The second-order valence-corrected chi connectivity index (χ2v) is 7.15. The Morgan fingerprint density at radius 3 is 1.33 bits per heavy atom. The van der Waals surface area contributed by atoms with Crippen LogP contribution in [0.4, 0.5) is 0 Å². The molecule has 24 heavy (non-hydrogen) atoms. The van der Waals surface area contributed by atoms with Crippen LogP contribution in [-0.4, -0.2) is 13.1 Å². The van der Waals surface area contributed by atoms with E-state index >= 15 is 0 Å². The molecule has 0 aromatic heterocycles. The number of ether oxygens (including phenoxy) is 1. The van der Waals surface area contributed by atoms with Crippen molar-refractivity contribution < 1.29 is 9.53 Å². The first-order chi connectivity index (χ1) is 11.7. The van der Waals surface area contributed by atoms with Gasteiger partial charge in [0.05, 0.1) is 7.11 Å². The number of hydrogen-bond donors (Lipinski definition) is 0. The van der Waals surface area contributed by atoms with Gasteiger partial charge in [0, 0.05) is 5.57 Å². The average molecular weight is 339 g/mol. The second-order valence-electron chi connectivity index (χ2n) is 7.15. The van der Waals surface area contributed by atoms with Crippen LogP contribution in [0.3, 0.4) is 0 Å². The summed E-state index contributed by atoms with van der Waals surface area (Å²) < 4.78 is 4.65. The van der Waals surface area contributed by atoms with E-state index < -0.39 is 0 Å². The van der Waals surface area contributed by atoms with Gasteiger partial charge >= 0.3 is 5.97 Å². The van der Waals surface area contributed by atoms with E-state index in [0.717, 1.165) is 12.8 Å². The molecule has 0 aliphatic heterocycles. The number of hydrogen-bond acceptors (Lipinski definition) is 2. The molecule has 2 nitrogen and oxygen atoms in total. The lowest BCUT2D eigenvalue weighted by Crippen LogP contribution is -2.03. The van der Waals surface area contributed by atoms with E-state index in [4.69, 9.17) is 0 Å². The lowest BCUT2D eigenvalue weighted by Gasteiger charge is -2.04. The van der Waals surface area contributed by atoms with Crippen LogP contribution in [-0.2, 0) is 9.53 Å². The molecule has 0 atom stereocenters. The maximum absolute atomic E-state index is 11.2. The fraction of sp³-hybridized carbons (Fsp3) is 0.864. The van der Waals surface area contributed by atoms with Gasteiger partial charge in [-0.1, -0.05) is 110 Å². The lowest BCUT2D eigenvalue weighted by atomic mass is 10.0. The number of unbranched alkanes of at least 4 members (excludes halogenated alkanes) is 15. The van der Waals surface area contributed by atoms with Gasteiger partial charge in [-0.3, -0.25) is 0 Å². The largest absolute Gasteiger partial charge is 0.466 e. The molecule has 0 saturated heterocycles. The molecule has 0 unspecified atom stereocenters. The minimum absolute atomic E-state index is 0.254. The summed E-state index contributed by atoms with van der Waals surface area (Å²) in [5.41, 5.74) is 0.614. The highest BCUT2D eigenvalue weighted by Crippen LogP contribution is 2.15. The SMILES string of the molecule is C=C(CCCCCCCCCCCCCCCCCC)C(=O)OC. The van der Waals surface area contributed by atoms with Crippen LogP contribution >= 0.6 is 0 Å². The van der Waals surface area contributed by atoms with Crippen LogP contribution in [0, 0.1) is 0 Å². The van der Waals surface area contributed by atoms with E-state index in [0.29, 0.717) is 5.57 Å². The predicted molar refractivity (Wildman–Crippen MR) is 105 cm³/mol. The highest BCUT2D eigenvalue weighted by atomic mass is 16.5. The molecule has 0 aliphatic carbocycles. The van der Waals surface area contributed by atoms with E-state index in [1.54, 1.807) is 0 Å². The molecule has 0 N–H and O–H groups in total. The smallest absolute Gasteiger partial charge is 0.333 e. The predicted octanol–water partition coefficient (Wildman–Crippen LogP) is 7.37. The quantitative estimate of drug-likeness (QED) is 0.148. The Hall–Kier alpha value is -0.790. The molecule has 0 bridgehead atoms. The van der Waals surface area contributed by atoms with Crippen molar-refractivity contribution in [3.05, 3.63) is 12.2 Å². The molecule has 0 radical (unpaired) electrons. The first kappa shape index (κ1) is 23.2. The van der Waals surface area contributed by atoms with Crippen LogP contribution in [0.15, 0.2) is 12.2 Å². The lowest BCUT2D eigenvalue weighted by molar-refractivity contribution is -0.136. The molecule has 0 amide bonds. The van der Waals surface area contributed by atoms with Crippen molar-refractivity contribution in [2.45, 2.75) is 116 Å². The Balaban J connectivity index is 3.10. The Labute approximate surface area is 151 Å². The van der Waals surface area contributed by atoms with Crippen molar-refractivity contribution in [2.75, 3.05) is 7.11 Å². The molecular weight excluding hydrogens is 296 g/mol. The number of methoxy groups -OCH3 is 1. The van der Waals surface area contributed by atoms with Gasteiger partial charge < -0.3 is 4.74 Å². The monoisotopic (exact) mass is 338 g/mol. The second kappa shape index (κ2) is 18.5. The number of carbonyl (C=O) groups excluding carboxylic acids is 1. The fourth-order valence-electron chi connectivity index (χ4n) is 3.13. The first-order valence-corrected chi connectivity index (χ1v) is 10.5. The minimum atomic E-state index is -0.254.